The molecule has 148 valence electrons. The molecule has 26 heavy (non-hydrogen) atoms. The fourth-order valence-electron chi connectivity index (χ4n) is 1.42. The SMILES string of the molecule is C=CC(=O)C1CNCCO1.C=CC(=O)OCCCO.CC(C)=CC(=O)O. The first-order chi connectivity index (χ1) is 12.3. The molecular formula is C18H29NO7. The van der Waals surface area contributed by atoms with E-state index < -0.39 is 11.9 Å². The van der Waals surface area contributed by atoms with Gasteiger partial charge in [-0.1, -0.05) is 18.7 Å². The molecule has 3 N–H and O–H groups in total. The number of rotatable bonds is 7. The van der Waals surface area contributed by atoms with Crippen molar-refractivity contribution in [1.82, 2.24) is 5.32 Å². The first kappa shape index (κ1) is 25.9. The van der Waals surface area contributed by atoms with Gasteiger partial charge in [-0.3, -0.25) is 4.79 Å². The maximum atomic E-state index is 10.9. The highest BCUT2D eigenvalue weighted by atomic mass is 16.5. The lowest BCUT2D eigenvalue weighted by molar-refractivity contribution is -0.138. The second-order valence-electron chi connectivity index (χ2n) is 5.18. The van der Waals surface area contributed by atoms with E-state index in [1.165, 1.54) is 12.2 Å². The lowest BCUT2D eigenvalue weighted by Gasteiger charge is -2.20. The van der Waals surface area contributed by atoms with E-state index in [9.17, 15) is 14.4 Å². The number of aliphatic hydroxyl groups is 1. The predicted molar refractivity (Wildman–Crippen MR) is 97.7 cm³/mol. The highest BCUT2D eigenvalue weighted by molar-refractivity contribution is 5.93. The van der Waals surface area contributed by atoms with E-state index in [0.717, 1.165) is 18.2 Å². The van der Waals surface area contributed by atoms with Crippen LogP contribution in [-0.2, 0) is 23.9 Å². The van der Waals surface area contributed by atoms with Gasteiger partial charge in [0.15, 0.2) is 5.78 Å². The number of esters is 1. The van der Waals surface area contributed by atoms with Gasteiger partial charge in [0, 0.05) is 38.3 Å². The van der Waals surface area contributed by atoms with Crippen molar-refractivity contribution < 1.29 is 34.1 Å². The summed E-state index contributed by atoms with van der Waals surface area (Å²) in [5.41, 5.74) is 0.813. The lowest BCUT2D eigenvalue weighted by Crippen LogP contribution is -2.42. The molecule has 8 heteroatoms. The third kappa shape index (κ3) is 18.1. The summed E-state index contributed by atoms with van der Waals surface area (Å²) in [6, 6.07) is 0. The molecular weight excluding hydrogens is 342 g/mol. The lowest BCUT2D eigenvalue weighted by atomic mass is 10.2. The van der Waals surface area contributed by atoms with Crippen LogP contribution in [0, 0.1) is 0 Å². The Bertz CT molecular complexity index is 476. The normalized spacial score (nSPS) is 15.0. The molecule has 1 atom stereocenters. The highest BCUT2D eigenvalue weighted by Crippen LogP contribution is 1.97. The first-order valence-electron chi connectivity index (χ1n) is 8.04. The molecule has 0 bridgehead atoms. The van der Waals surface area contributed by atoms with Crippen LogP contribution in [0.5, 0.6) is 0 Å². The van der Waals surface area contributed by atoms with Gasteiger partial charge in [-0.05, 0) is 19.9 Å². The van der Waals surface area contributed by atoms with Crippen LogP contribution in [0.15, 0.2) is 37.0 Å². The molecule has 0 aromatic heterocycles. The molecule has 1 fully saturated rings. The highest BCUT2D eigenvalue weighted by Gasteiger charge is 2.18. The Balaban J connectivity index is 0. The molecule has 1 unspecified atom stereocenters. The Morgan fingerprint density at radius 3 is 2.27 bits per heavy atom. The number of hydrogen-bond donors (Lipinski definition) is 3. The van der Waals surface area contributed by atoms with Gasteiger partial charge < -0.3 is 25.0 Å². The van der Waals surface area contributed by atoms with E-state index in [1.807, 2.05) is 0 Å². The summed E-state index contributed by atoms with van der Waals surface area (Å²) < 4.78 is 9.66. The Kier molecular flexibility index (Phi) is 17.5. The standard InChI is InChI=1S/C7H11NO2.C6H10O3.C5H8O2/c1-2-6(9)7-5-8-3-4-10-7;1-2-6(8)9-5-3-4-7;1-4(2)3-5(6)7/h2,7-8H,1,3-5H2;2,7H,1,3-5H2;3H,1-2H3,(H,6,7). The van der Waals surface area contributed by atoms with Crippen molar-refractivity contribution >= 4 is 17.7 Å². The summed E-state index contributed by atoms with van der Waals surface area (Å²) in [6.45, 7) is 12.4. The van der Waals surface area contributed by atoms with E-state index in [2.05, 4.69) is 23.2 Å². The topological polar surface area (TPSA) is 122 Å². The van der Waals surface area contributed by atoms with E-state index in [-0.39, 0.29) is 25.1 Å². The maximum absolute atomic E-state index is 10.9. The molecule has 1 aliphatic rings. The van der Waals surface area contributed by atoms with Crippen molar-refractivity contribution in [1.29, 1.82) is 0 Å². The predicted octanol–water partition coefficient (Wildman–Crippen LogP) is 0.865. The van der Waals surface area contributed by atoms with E-state index in [4.69, 9.17) is 14.9 Å². The summed E-state index contributed by atoms with van der Waals surface area (Å²) in [4.78, 5) is 30.9. The number of ether oxygens (including phenoxy) is 2. The molecule has 0 aliphatic carbocycles. The number of carboxylic acids is 1. The minimum Gasteiger partial charge on any atom is -0.478 e. The second-order valence-corrected chi connectivity index (χ2v) is 5.18. The van der Waals surface area contributed by atoms with E-state index in [1.54, 1.807) is 13.8 Å². The quantitative estimate of drug-likeness (QED) is 0.342. The zero-order chi connectivity index (χ0) is 20.4. The van der Waals surface area contributed by atoms with E-state index >= 15 is 0 Å². The maximum Gasteiger partial charge on any atom is 0.330 e. The van der Waals surface area contributed by atoms with Gasteiger partial charge in [-0.2, -0.15) is 0 Å². The van der Waals surface area contributed by atoms with Gasteiger partial charge in [0.05, 0.1) is 13.2 Å². The third-order valence-electron chi connectivity index (χ3n) is 2.57. The molecule has 1 aliphatic heterocycles. The van der Waals surface area contributed by atoms with Crippen LogP contribution in [0.2, 0.25) is 0 Å². The van der Waals surface area contributed by atoms with Crippen LogP contribution in [0.1, 0.15) is 20.3 Å². The number of aliphatic carboxylic acids is 1. The number of carbonyl (C=O) groups excluding carboxylic acids is 2. The number of nitrogens with one attached hydrogen (secondary N) is 1. The molecule has 1 heterocycles. The number of ketones is 1. The number of carbonyl (C=O) groups is 3. The smallest absolute Gasteiger partial charge is 0.330 e. The third-order valence-corrected chi connectivity index (χ3v) is 2.57. The van der Waals surface area contributed by atoms with Crippen molar-refractivity contribution in [2.75, 3.05) is 32.9 Å². The van der Waals surface area contributed by atoms with Gasteiger partial charge in [-0.15, -0.1) is 0 Å². The molecule has 0 radical (unpaired) electrons. The van der Waals surface area contributed by atoms with Crippen LogP contribution in [-0.4, -0.2) is 66.9 Å². The molecule has 0 spiro atoms. The summed E-state index contributed by atoms with van der Waals surface area (Å²) in [7, 11) is 0. The Morgan fingerprint density at radius 2 is 1.92 bits per heavy atom. The molecule has 0 amide bonds. The molecule has 1 rings (SSSR count). The van der Waals surface area contributed by atoms with Gasteiger partial charge in [0.1, 0.15) is 6.10 Å². The molecule has 0 aromatic carbocycles. The number of allylic oxidation sites excluding steroid dienone is 1. The number of morpholine rings is 1. The van der Waals surface area contributed by atoms with Gasteiger partial charge in [0.2, 0.25) is 0 Å². The minimum absolute atomic E-state index is 0.0350. The van der Waals surface area contributed by atoms with Gasteiger partial charge in [0.25, 0.3) is 0 Å². The Hall–Kier alpha value is -2.29. The van der Waals surface area contributed by atoms with Crippen molar-refractivity contribution in [3.05, 3.63) is 37.0 Å². The summed E-state index contributed by atoms with van der Waals surface area (Å²) in [6.07, 6.45) is 3.75. The Morgan fingerprint density at radius 1 is 1.27 bits per heavy atom. The molecule has 0 saturated carbocycles. The first-order valence-corrected chi connectivity index (χ1v) is 8.04. The largest absolute Gasteiger partial charge is 0.478 e. The van der Waals surface area contributed by atoms with Crippen LogP contribution in [0.4, 0.5) is 0 Å². The molecule has 0 aromatic rings. The van der Waals surface area contributed by atoms with Gasteiger partial charge >= 0.3 is 11.9 Å². The summed E-state index contributed by atoms with van der Waals surface area (Å²) >= 11 is 0. The van der Waals surface area contributed by atoms with Crippen LogP contribution >= 0.6 is 0 Å². The van der Waals surface area contributed by atoms with Crippen molar-refractivity contribution in [3.63, 3.8) is 0 Å². The zero-order valence-electron chi connectivity index (χ0n) is 15.4. The fourth-order valence-corrected chi connectivity index (χ4v) is 1.42. The van der Waals surface area contributed by atoms with Gasteiger partial charge in [-0.25, -0.2) is 9.59 Å². The van der Waals surface area contributed by atoms with Crippen molar-refractivity contribution in [2.45, 2.75) is 26.4 Å². The van der Waals surface area contributed by atoms with Crippen LogP contribution in [0.25, 0.3) is 0 Å². The molecule has 8 nitrogen and oxygen atoms in total. The molecule has 1 saturated heterocycles. The van der Waals surface area contributed by atoms with E-state index in [0.29, 0.717) is 19.6 Å². The number of aliphatic hydroxyl groups excluding tert-OH is 1. The summed E-state index contributed by atoms with van der Waals surface area (Å²) in [5, 5.41) is 19.3. The second kappa shape index (κ2) is 17.5. The average molecular weight is 371 g/mol. The van der Waals surface area contributed by atoms with Crippen LogP contribution < -0.4 is 5.32 Å². The average Bonchev–Trinajstić information content (AvgIpc) is 2.61. The van der Waals surface area contributed by atoms with Crippen molar-refractivity contribution in [2.24, 2.45) is 0 Å². The summed E-state index contributed by atoms with van der Waals surface area (Å²) in [5.74, 6) is -1.35. The fraction of sp³-hybridized carbons (Fsp3) is 0.500. The number of hydrogen-bond acceptors (Lipinski definition) is 7. The van der Waals surface area contributed by atoms with Crippen LogP contribution in [0.3, 0.4) is 0 Å². The number of carboxylic acid groups (broad SMARTS) is 1. The van der Waals surface area contributed by atoms with Crippen molar-refractivity contribution in [3.8, 4) is 0 Å². The Labute approximate surface area is 154 Å². The monoisotopic (exact) mass is 371 g/mol. The zero-order valence-corrected chi connectivity index (χ0v) is 15.4. The minimum atomic E-state index is -0.875.